The topological polar surface area (TPSA) is 1060 Å². The summed E-state index contributed by atoms with van der Waals surface area (Å²) in [4.78, 5) is 214. The SMILES string of the molecule is Nc1ccn([C@@H]2O[C@H](CO)[C@H](OP(=O)(O)OC[C@H]3O[C@@H](n4cnc5c(=O)[nH]c(N)nc54)C(O)[C@H]3OP(=O)(O)OC[C@H]3O[C@@H](n4ccc(=O)[nH]c4=O)C(O)[C@H]3OP(=O)(O)OC[C@H]3O[C@@H](n4cnc5c(N)ncnc54)C(O)[C@H]3OP(=O)(O)OC[C@H]3O[C@@H](n4ccc(N)nc4=O)C(O)[C@H]3OP(=O)(O)OC[C@H]3O[C@@H](n4cnc5c(=O)[nH]c(N)nc54)C(O)[C@H]3OP(=O)(O)OC[C@H]3O[C@@H](n4ccc(=O)[nH]c4=O)C(O)[C@H]3O)C2O)c(=O)n1. The number of ether oxygens (including phenoxy) is 7. The Morgan fingerprint density at radius 1 is 0.317 bits per heavy atom. The highest BCUT2D eigenvalue weighted by atomic mass is 31.2. The zero-order valence-electron chi connectivity index (χ0n) is 72.4. The van der Waals surface area contributed by atoms with Crippen molar-refractivity contribution >= 4 is 110 Å². The fourth-order valence-electron chi connectivity index (χ4n) is 16.3. The van der Waals surface area contributed by atoms with Gasteiger partial charge in [0.05, 0.1) is 65.2 Å². The monoisotopic (exact) mass is 2180 g/mol. The van der Waals surface area contributed by atoms with Crippen LogP contribution in [0.25, 0.3) is 33.5 Å². The van der Waals surface area contributed by atoms with Crippen molar-refractivity contribution in [1.29, 1.82) is 0 Å². The number of H-pyrrole nitrogens is 4. The Kier molecular flexibility index (Phi) is 30.0. The molecule has 0 aromatic carbocycles. The summed E-state index contributed by atoms with van der Waals surface area (Å²) in [5.74, 6) is -2.01. The molecule has 34 atom stereocenters. The number of aliphatic hydroxyl groups excluding tert-OH is 9. The van der Waals surface area contributed by atoms with Crippen molar-refractivity contribution in [2.45, 2.75) is 172 Å². The van der Waals surface area contributed by atoms with E-state index >= 15 is 0 Å². The number of phosphoric ester groups is 6. The van der Waals surface area contributed by atoms with Gasteiger partial charge in [-0.05, 0) is 12.1 Å². The molecule has 73 nitrogen and oxygen atoms in total. The lowest BCUT2D eigenvalue weighted by molar-refractivity contribution is -0.0662. The Hall–Kier alpha value is -10.6. The number of fused-ring (bicyclic) bond motifs is 3. The van der Waals surface area contributed by atoms with Crippen LogP contribution in [0.1, 0.15) is 43.6 Å². The summed E-state index contributed by atoms with van der Waals surface area (Å²) in [6.45, 7) is -9.57. The summed E-state index contributed by atoms with van der Waals surface area (Å²) in [6.07, 6.45) is -53.4. The van der Waals surface area contributed by atoms with Crippen molar-refractivity contribution in [3.05, 3.63) is 158 Å². The van der Waals surface area contributed by atoms with E-state index in [0.717, 1.165) is 82.0 Å². The number of aromatic amines is 4. The van der Waals surface area contributed by atoms with Crippen LogP contribution in [0, 0.1) is 0 Å². The van der Waals surface area contributed by atoms with Crippen molar-refractivity contribution in [1.82, 2.24) is 96.8 Å². The summed E-state index contributed by atoms with van der Waals surface area (Å²) < 4.78 is 195. The molecular weight excluding hydrogens is 2100 g/mol. The quantitative estimate of drug-likeness (QED) is 0.0160. The number of nitrogen functional groups attached to an aromatic ring is 5. The number of nitrogens with two attached hydrogens (primary N) is 5. The maximum Gasteiger partial charge on any atom is 0.472 e. The second kappa shape index (κ2) is 41.1. The molecule has 145 heavy (non-hydrogen) atoms. The molecule has 13 unspecified atom stereocenters. The van der Waals surface area contributed by atoms with Crippen LogP contribution in [0.5, 0.6) is 0 Å². The van der Waals surface area contributed by atoms with Crippen molar-refractivity contribution in [3.8, 4) is 0 Å². The zero-order valence-corrected chi connectivity index (χ0v) is 77.8. The maximum absolute atomic E-state index is 14.7. The molecule has 79 heteroatoms. The normalized spacial score (nSPS) is 32.7. The minimum atomic E-state index is -6.11. The number of anilines is 5. The van der Waals surface area contributed by atoms with E-state index < -0.39 is 350 Å². The van der Waals surface area contributed by atoms with Crippen LogP contribution in [0.3, 0.4) is 0 Å². The Labute approximate surface area is 798 Å². The lowest BCUT2D eigenvalue weighted by Gasteiger charge is -2.27. The molecule has 0 saturated carbocycles. The molecule has 7 fully saturated rings. The molecule has 790 valence electrons. The Bertz CT molecular complexity index is 7370. The molecule has 10 aromatic rings. The minimum Gasteiger partial charge on any atom is -0.394 e. The number of phosphoric acid groups is 6. The van der Waals surface area contributed by atoms with Gasteiger partial charge in [0.25, 0.3) is 22.2 Å². The molecule has 17 heterocycles. The molecule has 0 spiro atoms. The van der Waals surface area contributed by atoms with Crippen LogP contribution < -0.4 is 73.7 Å². The standard InChI is InChI=1S/C66H83N25O48P6/c67-27-1-5-85(63(105)77-27)55-36(97)42(20(9-92)127-55)134-141(111,112)122-14-25-47(41(102)60(132-25)91-19-76-33-51(91)82-62(71)84-53(33)104)139-145(119,120)124-12-23-44(38(99)57(130-23)88-8-4-30(94)80-66(88)108)136-142(113,114)125-13-24-45(39(100)58(131-24)89-17-74-31-48(69)72-16-73-49(31)89)138-144(117,118)123-11-22-43(37(98)56(129-22)86-6-2-28(68)78-64(86)106)135-143(115,116)126-15-26-46(40(101)59(133-26)90-18-75-32-50(90)81-61(70)83-52(32)103)137-140(109,110)121-10-21-34(95)35(96)54(128-21)87-7-3-29(93)79-65(87)107/h1-8,16-26,34-47,54-60,92,95-102H,9-15H2,(H,109,110)(H,111,112)(H,113,114)(H,115,116)(H,117,118)(H,119,120)(H2,67,77,105)(H2,68,78,106)(H2,69,72,73)(H,79,93,107)(H,80,94,108)(H3,70,81,83,103)(H3,71,82,84,104)/t20-,21-,22-,23-,24-,25-,26-,34+,35?,36?,37?,38?,39?,40?,41?,42+,43+,44+,45+,46+,47+,54-,55-,56-,57-,58-,59-,60-/m1/s1. The molecule has 7 aliphatic heterocycles. The van der Waals surface area contributed by atoms with Crippen molar-refractivity contribution in [2.24, 2.45) is 0 Å². The molecule has 0 amide bonds. The first kappa shape index (κ1) is 106. The second-order valence-corrected chi connectivity index (χ2v) is 40.8. The van der Waals surface area contributed by atoms with E-state index in [9.17, 15) is 141 Å². The first-order valence-corrected chi connectivity index (χ1v) is 50.6. The lowest BCUT2D eigenvalue weighted by Crippen LogP contribution is -2.39. The van der Waals surface area contributed by atoms with Gasteiger partial charge >= 0.3 is 69.7 Å². The smallest absolute Gasteiger partial charge is 0.394 e. The largest absolute Gasteiger partial charge is 0.472 e. The number of aromatic nitrogens is 20. The molecular formula is C66H83N25O48P6. The van der Waals surface area contributed by atoms with Gasteiger partial charge in [0.1, 0.15) is 152 Å². The van der Waals surface area contributed by atoms with E-state index in [2.05, 4.69) is 54.8 Å². The van der Waals surface area contributed by atoms with Crippen LogP contribution in [0.4, 0.5) is 29.4 Å². The van der Waals surface area contributed by atoms with Gasteiger partial charge in [-0.15, -0.1) is 0 Å². The fourth-order valence-corrected chi connectivity index (χ4v) is 22.1. The first-order valence-electron chi connectivity index (χ1n) is 41.6. The summed E-state index contributed by atoms with van der Waals surface area (Å²) >= 11 is 0. The number of hydrogen-bond acceptors (Lipinski definition) is 56. The highest BCUT2D eigenvalue weighted by molar-refractivity contribution is 7.48. The van der Waals surface area contributed by atoms with Crippen LogP contribution in [-0.4, -0.2) is 347 Å². The number of rotatable bonds is 38. The predicted octanol–water partition coefficient (Wildman–Crippen LogP) is -11.2. The molecule has 10 aromatic heterocycles. The zero-order chi connectivity index (χ0) is 104. The van der Waals surface area contributed by atoms with Gasteiger partial charge < -0.3 is 137 Å². The highest BCUT2D eigenvalue weighted by Gasteiger charge is 2.59. The lowest BCUT2D eigenvalue weighted by atomic mass is 10.1. The van der Waals surface area contributed by atoms with Gasteiger partial charge in [0.15, 0.2) is 77.4 Å². The number of aliphatic hydroxyl groups is 9. The fraction of sp³-hybridized carbons (Fsp3) is 0.530. The van der Waals surface area contributed by atoms with E-state index in [4.69, 9.17) is 116 Å². The highest BCUT2D eigenvalue weighted by Crippen LogP contribution is 2.58. The number of imidazole rings is 3. The summed E-state index contributed by atoms with van der Waals surface area (Å²) in [5, 5.41) is 103. The molecule has 7 aliphatic rings. The summed E-state index contributed by atoms with van der Waals surface area (Å²) in [7, 11) is -35.7. The molecule has 29 N–H and O–H groups in total. The third kappa shape index (κ3) is 22.2. The van der Waals surface area contributed by atoms with Crippen LogP contribution >= 0.6 is 46.9 Å². The molecule has 17 rings (SSSR count). The predicted molar refractivity (Wildman–Crippen MR) is 460 cm³/mol. The van der Waals surface area contributed by atoms with Gasteiger partial charge in [0, 0.05) is 36.9 Å². The Balaban J connectivity index is 0.599. The van der Waals surface area contributed by atoms with E-state index in [1.165, 1.54) is 0 Å². The summed E-state index contributed by atoms with van der Waals surface area (Å²) in [5.41, 5.74) is 18.1. The first-order chi connectivity index (χ1) is 68.3. The second-order valence-electron chi connectivity index (χ2n) is 32.3. The van der Waals surface area contributed by atoms with Crippen LogP contribution in [0.2, 0.25) is 0 Å². The molecule has 7 saturated heterocycles. The average molecular weight is 2180 g/mol. The number of nitrogens with one attached hydrogen (secondary N) is 4. The van der Waals surface area contributed by atoms with Gasteiger partial charge in [-0.2, -0.15) is 19.9 Å². The van der Waals surface area contributed by atoms with Crippen molar-refractivity contribution < 1.29 is 190 Å². The number of hydrogen-bond donors (Lipinski definition) is 24. The van der Waals surface area contributed by atoms with Crippen molar-refractivity contribution in [2.75, 3.05) is 74.9 Å². The molecule has 0 radical (unpaired) electrons. The Morgan fingerprint density at radius 3 is 0.917 bits per heavy atom. The number of nitrogens with zero attached hydrogens (tertiary/aromatic N) is 16. The van der Waals surface area contributed by atoms with Crippen LogP contribution in [-0.2, 0) is 115 Å². The van der Waals surface area contributed by atoms with E-state index in [1.807, 2.05) is 9.97 Å². The van der Waals surface area contributed by atoms with Crippen LogP contribution in [0.15, 0.2) is 113 Å². The summed E-state index contributed by atoms with van der Waals surface area (Å²) in [6, 6.07) is 3.68. The maximum atomic E-state index is 14.7. The van der Waals surface area contributed by atoms with Gasteiger partial charge in [-0.3, -0.25) is 125 Å². The molecule has 0 aliphatic carbocycles. The third-order valence-corrected chi connectivity index (χ3v) is 28.8. The minimum absolute atomic E-state index is 0.173. The van der Waals surface area contributed by atoms with E-state index in [-0.39, 0.29) is 22.8 Å². The third-order valence-electron chi connectivity index (χ3n) is 22.9. The average Bonchev–Trinajstić information content (AvgIpc) is 1.61. The van der Waals surface area contributed by atoms with E-state index in [1.54, 1.807) is 0 Å². The van der Waals surface area contributed by atoms with Gasteiger partial charge in [-0.1, -0.05) is 0 Å². The van der Waals surface area contributed by atoms with Gasteiger partial charge in [0.2, 0.25) is 11.9 Å². The van der Waals surface area contributed by atoms with E-state index in [0.29, 0.717) is 24.3 Å². The Morgan fingerprint density at radius 2 is 0.593 bits per heavy atom. The molecule has 0 bridgehead atoms. The van der Waals surface area contributed by atoms with Crippen molar-refractivity contribution in [3.63, 3.8) is 0 Å². The van der Waals surface area contributed by atoms with Gasteiger partial charge in [-0.25, -0.2) is 71.5 Å².